The van der Waals surface area contributed by atoms with Gasteiger partial charge < -0.3 is 15.0 Å². The van der Waals surface area contributed by atoms with Crippen LogP contribution in [0.15, 0.2) is 53.0 Å². The van der Waals surface area contributed by atoms with E-state index < -0.39 is 0 Å². The Balaban J connectivity index is 1.64. The second-order valence-electron chi connectivity index (χ2n) is 5.16. The van der Waals surface area contributed by atoms with Gasteiger partial charge in [0.2, 0.25) is 5.91 Å². The van der Waals surface area contributed by atoms with E-state index in [0.29, 0.717) is 13.2 Å². The Morgan fingerprint density at radius 1 is 1.20 bits per heavy atom. The number of nitrogens with two attached hydrogens (primary N) is 1. The molecule has 0 fully saturated rings. The number of primary amides is 1. The van der Waals surface area contributed by atoms with Gasteiger partial charge in [-0.05, 0) is 23.6 Å². The highest BCUT2D eigenvalue weighted by Crippen LogP contribution is 2.27. The number of rotatable bonds is 9. The topological polar surface area (TPSA) is 83.0 Å². The zero-order valence-electron chi connectivity index (χ0n) is 13.5. The summed E-state index contributed by atoms with van der Waals surface area (Å²) < 4.78 is 7.64. The second kappa shape index (κ2) is 8.68. The molecule has 3 aromatic rings. The van der Waals surface area contributed by atoms with E-state index in [0.717, 1.165) is 27.4 Å². The molecular weight excluding hydrogens is 356 g/mol. The lowest BCUT2D eigenvalue weighted by molar-refractivity contribution is -0.118. The van der Waals surface area contributed by atoms with E-state index in [9.17, 15) is 4.79 Å². The number of carbonyl (C=O) groups is 1. The quantitative estimate of drug-likeness (QED) is 0.460. The summed E-state index contributed by atoms with van der Waals surface area (Å²) in [6, 6.07) is 13.6. The number of carbonyl (C=O) groups excluding carboxylic acids is 1. The predicted octanol–water partition coefficient (Wildman–Crippen LogP) is 3.05. The van der Waals surface area contributed by atoms with Gasteiger partial charge >= 0.3 is 0 Å². The number of thioether (sulfide) groups is 1. The minimum absolute atomic E-state index is 0.254. The van der Waals surface area contributed by atoms with Gasteiger partial charge in [0, 0.05) is 18.7 Å². The molecule has 8 heteroatoms. The maximum atomic E-state index is 11.2. The molecule has 0 radical (unpaired) electrons. The zero-order valence-corrected chi connectivity index (χ0v) is 15.1. The molecule has 0 aliphatic carbocycles. The van der Waals surface area contributed by atoms with Crippen molar-refractivity contribution < 1.29 is 9.53 Å². The lowest BCUT2D eigenvalue weighted by Crippen LogP contribution is -2.15. The number of hydrogen-bond donors (Lipinski definition) is 1. The molecule has 3 rings (SSSR count). The van der Waals surface area contributed by atoms with Gasteiger partial charge in [-0.3, -0.25) is 4.79 Å². The number of benzene rings is 1. The molecule has 0 unspecified atom stereocenters. The van der Waals surface area contributed by atoms with Crippen LogP contribution in [0.3, 0.4) is 0 Å². The Kier molecular flexibility index (Phi) is 6.08. The average Bonchev–Trinajstić information content (AvgIpc) is 3.27. The van der Waals surface area contributed by atoms with Crippen LogP contribution in [0.1, 0.15) is 6.42 Å². The van der Waals surface area contributed by atoms with Crippen molar-refractivity contribution in [3.8, 4) is 16.5 Å². The van der Waals surface area contributed by atoms with Gasteiger partial charge in [-0.15, -0.1) is 21.5 Å². The largest absolute Gasteiger partial charge is 0.493 e. The summed E-state index contributed by atoms with van der Waals surface area (Å²) in [7, 11) is 0. The van der Waals surface area contributed by atoms with Crippen LogP contribution in [-0.2, 0) is 11.3 Å². The van der Waals surface area contributed by atoms with E-state index in [1.54, 1.807) is 23.1 Å². The van der Waals surface area contributed by atoms with Gasteiger partial charge in [0.15, 0.2) is 11.0 Å². The minimum Gasteiger partial charge on any atom is -0.493 e. The highest BCUT2D eigenvalue weighted by atomic mass is 32.2. The summed E-state index contributed by atoms with van der Waals surface area (Å²) in [4.78, 5) is 12.2. The Labute approximate surface area is 154 Å². The van der Waals surface area contributed by atoms with Gasteiger partial charge in [0.05, 0.1) is 11.5 Å². The molecule has 2 N–H and O–H groups in total. The third kappa shape index (κ3) is 4.83. The summed E-state index contributed by atoms with van der Waals surface area (Å²) >= 11 is 3.14. The first kappa shape index (κ1) is 17.5. The molecule has 0 saturated carbocycles. The van der Waals surface area contributed by atoms with Crippen molar-refractivity contribution in [2.75, 3.05) is 12.4 Å². The fraction of sp³-hybridized carbons (Fsp3) is 0.235. The Bertz CT molecular complexity index is 803. The van der Waals surface area contributed by atoms with E-state index in [4.69, 9.17) is 10.5 Å². The molecule has 25 heavy (non-hydrogen) atoms. The SMILES string of the molecule is NC(=O)CCn1c(SCCOc2ccccc2)nnc1-c1cccs1. The van der Waals surface area contributed by atoms with E-state index in [1.807, 2.05) is 52.4 Å². The zero-order chi connectivity index (χ0) is 17.5. The normalized spacial score (nSPS) is 10.7. The lowest BCUT2D eigenvalue weighted by atomic mass is 10.3. The van der Waals surface area contributed by atoms with Crippen LogP contribution in [-0.4, -0.2) is 33.0 Å². The van der Waals surface area contributed by atoms with Crippen molar-refractivity contribution in [2.24, 2.45) is 5.73 Å². The molecule has 0 bridgehead atoms. The van der Waals surface area contributed by atoms with Crippen LogP contribution in [0.25, 0.3) is 10.7 Å². The van der Waals surface area contributed by atoms with Crippen molar-refractivity contribution in [3.63, 3.8) is 0 Å². The number of para-hydroxylation sites is 1. The minimum atomic E-state index is -0.339. The number of aromatic nitrogens is 3. The molecule has 0 aliphatic rings. The molecule has 2 heterocycles. The molecule has 0 spiro atoms. The van der Waals surface area contributed by atoms with Crippen LogP contribution < -0.4 is 10.5 Å². The molecule has 0 atom stereocenters. The third-order valence-corrected chi connectivity index (χ3v) is 5.16. The number of thiophene rings is 1. The van der Waals surface area contributed by atoms with Crippen LogP contribution in [0.4, 0.5) is 0 Å². The monoisotopic (exact) mass is 374 g/mol. The number of amides is 1. The molecular formula is C17H18N4O2S2. The highest BCUT2D eigenvalue weighted by molar-refractivity contribution is 7.99. The van der Waals surface area contributed by atoms with Gasteiger partial charge in [0.25, 0.3) is 0 Å². The van der Waals surface area contributed by atoms with E-state index >= 15 is 0 Å². The molecule has 0 saturated heterocycles. The second-order valence-corrected chi connectivity index (χ2v) is 7.17. The van der Waals surface area contributed by atoms with E-state index in [-0.39, 0.29) is 12.3 Å². The lowest BCUT2D eigenvalue weighted by Gasteiger charge is -2.09. The van der Waals surface area contributed by atoms with Gasteiger partial charge in [0.1, 0.15) is 5.75 Å². The van der Waals surface area contributed by atoms with Gasteiger partial charge in [-0.2, -0.15) is 0 Å². The number of hydrogen-bond acceptors (Lipinski definition) is 6. The molecule has 1 amide bonds. The molecule has 130 valence electrons. The first-order valence-corrected chi connectivity index (χ1v) is 9.66. The number of ether oxygens (including phenoxy) is 1. The van der Waals surface area contributed by atoms with Crippen molar-refractivity contribution in [1.82, 2.24) is 14.8 Å². The molecule has 0 aliphatic heterocycles. The fourth-order valence-electron chi connectivity index (χ4n) is 2.22. The van der Waals surface area contributed by atoms with Gasteiger partial charge in [-0.1, -0.05) is 36.0 Å². The summed E-state index contributed by atoms with van der Waals surface area (Å²) in [5, 5.41) is 11.3. The molecule has 6 nitrogen and oxygen atoms in total. The predicted molar refractivity (Wildman–Crippen MR) is 99.8 cm³/mol. The van der Waals surface area contributed by atoms with Crippen molar-refractivity contribution >= 4 is 29.0 Å². The first-order chi connectivity index (χ1) is 12.2. The molecule has 1 aromatic carbocycles. The van der Waals surface area contributed by atoms with Crippen molar-refractivity contribution in [1.29, 1.82) is 0 Å². The maximum Gasteiger partial charge on any atom is 0.219 e. The van der Waals surface area contributed by atoms with Gasteiger partial charge in [-0.25, -0.2) is 0 Å². The Morgan fingerprint density at radius 2 is 2.04 bits per heavy atom. The highest BCUT2D eigenvalue weighted by Gasteiger charge is 2.15. The maximum absolute atomic E-state index is 11.2. The summed E-state index contributed by atoms with van der Waals surface area (Å²) in [6.45, 7) is 1.03. The summed E-state index contributed by atoms with van der Waals surface area (Å²) in [6.07, 6.45) is 0.254. The smallest absolute Gasteiger partial charge is 0.219 e. The Morgan fingerprint density at radius 3 is 2.76 bits per heavy atom. The van der Waals surface area contributed by atoms with Crippen LogP contribution in [0.5, 0.6) is 5.75 Å². The fourth-order valence-corrected chi connectivity index (χ4v) is 3.72. The standard InChI is InChI=1S/C17H18N4O2S2/c18-15(22)8-9-21-16(14-7-4-11-24-14)19-20-17(21)25-12-10-23-13-5-2-1-3-6-13/h1-7,11H,8-10,12H2,(H2,18,22). The van der Waals surface area contributed by atoms with Crippen LogP contribution >= 0.6 is 23.1 Å². The number of nitrogens with zero attached hydrogens (tertiary/aromatic N) is 3. The third-order valence-electron chi connectivity index (χ3n) is 3.37. The Hall–Kier alpha value is -2.32. The van der Waals surface area contributed by atoms with Crippen molar-refractivity contribution in [2.45, 2.75) is 18.1 Å². The average molecular weight is 374 g/mol. The van der Waals surface area contributed by atoms with Crippen LogP contribution in [0.2, 0.25) is 0 Å². The van der Waals surface area contributed by atoms with E-state index in [1.165, 1.54) is 0 Å². The van der Waals surface area contributed by atoms with Crippen LogP contribution in [0, 0.1) is 0 Å². The summed E-state index contributed by atoms with van der Waals surface area (Å²) in [5.41, 5.74) is 5.30. The summed E-state index contributed by atoms with van der Waals surface area (Å²) in [5.74, 6) is 2.00. The first-order valence-electron chi connectivity index (χ1n) is 7.80. The van der Waals surface area contributed by atoms with Crippen molar-refractivity contribution in [3.05, 3.63) is 47.8 Å². The van der Waals surface area contributed by atoms with E-state index in [2.05, 4.69) is 10.2 Å². The molecule has 2 aromatic heterocycles.